The maximum absolute atomic E-state index is 4.55. The predicted octanol–water partition coefficient (Wildman–Crippen LogP) is 0.449. The van der Waals surface area contributed by atoms with E-state index >= 15 is 0 Å². The highest BCUT2D eigenvalue weighted by molar-refractivity contribution is 5.36. The molecule has 0 aromatic carbocycles. The van der Waals surface area contributed by atoms with E-state index in [2.05, 4.69) is 27.1 Å². The van der Waals surface area contributed by atoms with Gasteiger partial charge in [0, 0.05) is 32.4 Å². The normalized spacial score (nSPS) is 17.1. The topological polar surface area (TPSA) is 41.1 Å². The zero-order valence-electron chi connectivity index (χ0n) is 8.53. The first-order valence-corrected chi connectivity index (χ1v) is 5.16. The molecular weight excluding hydrogens is 176 g/mol. The van der Waals surface area contributed by atoms with Crippen LogP contribution in [0.1, 0.15) is 12.6 Å². The van der Waals surface area contributed by atoms with Gasteiger partial charge in [0.15, 0.2) is 0 Å². The molecule has 0 aliphatic carbocycles. The van der Waals surface area contributed by atoms with E-state index in [1.807, 2.05) is 12.4 Å². The number of aryl methyl sites for hydroxylation is 1. The fourth-order valence-electron chi connectivity index (χ4n) is 1.61. The first-order chi connectivity index (χ1) is 6.90. The van der Waals surface area contributed by atoms with Gasteiger partial charge in [0.1, 0.15) is 5.82 Å². The highest BCUT2D eigenvalue weighted by Gasteiger charge is 2.11. The second-order valence-corrected chi connectivity index (χ2v) is 3.46. The molecule has 1 saturated heterocycles. The summed E-state index contributed by atoms with van der Waals surface area (Å²) in [4.78, 5) is 11.0. The minimum Gasteiger partial charge on any atom is -0.353 e. The highest BCUT2D eigenvalue weighted by Crippen LogP contribution is 2.10. The number of hydrogen-bond donors (Lipinski definition) is 1. The van der Waals surface area contributed by atoms with Crippen molar-refractivity contribution in [1.29, 1.82) is 0 Å². The van der Waals surface area contributed by atoms with E-state index in [1.54, 1.807) is 0 Å². The smallest absolute Gasteiger partial charge is 0.147 e. The highest BCUT2D eigenvalue weighted by atomic mass is 15.2. The van der Waals surface area contributed by atoms with Crippen LogP contribution < -0.4 is 10.2 Å². The molecule has 0 spiro atoms. The van der Waals surface area contributed by atoms with Crippen molar-refractivity contribution in [3.63, 3.8) is 0 Å². The molecule has 4 heteroatoms. The van der Waals surface area contributed by atoms with Gasteiger partial charge in [-0.15, -0.1) is 0 Å². The van der Waals surface area contributed by atoms with Gasteiger partial charge in [-0.05, 0) is 6.42 Å². The molecule has 1 N–H and O–H groups in total. The summed E-state index contributed by atoms with van der Waals surface area (Å²) in [5, 5.41) is 3.32. The average Bonchev–Trinajstić information content (AvgIpc) is 2.30. The summed E-state index contributed by atoms with van der Waals surface area (Å²) in [5.41, 5.74) is 1.07. The summed E-state index contributed by atoms with van der Waals surface area (Å²) >= 11 is 0. The Labute approximate surface area is 84.4 Å². The van der Waals surface area contributed by atoms with Gasteiger partial charge in [-0.2, -0.15) is 0 Å². The minimum atomic E-state index is 0.951. The van der Waals surface area contributed by atoms with E-state index in [9.17, 15) is 0 Å². The van der Waals surface area contributed by atoms with E-state index in [4.69, 9.17) is 0 Å². The molecule has 2 rings (SSSR count). The Kier molecular flexibility index (Phi) is 2.93. The van der Waals surface area contributed by atoms with E-state index in [0.29, 0.717) is 0 Å². The Bertz CT molecular complexity index is 294. The molecule has 0 saturated carbocycles. The molecule has 0 amide bonds. The molecule has 76 valence electrons. The molecule has 1 aromatic heterocycles. The summed E-state index contributed by atoms with van der Waals surface area (Å²) in [6, 6.07) is 0. The zero-order valence-corrected chi connectivity index (χ0v) is 8.53. The van der Waals surface area contributed by atoms with Gasteiger partial charge in [0.2, 0.25) is 0 Å². The van der Waals surface area contributed by atoms with Crippen LogP contribution in [0.3, 0.4) is 0 Å². The summed E-state index contributed by atoms with van der Waals surface area (Å²) < 4.78 is 0. The molecule has 0 atom stereocenters. The van der Waals surface area contributed by atoms with Crippen molar-refractivity contribution in [2.45, 2.75) is 13.3 Å². The summed E-state index contributed by atoms with van der Waals surface area (Å²) in [6.07, 6.45) is 4.64. The summed E-state index contributed by atoms with van der Waals surface area (Å²) in [5.74, 6) is 1.02. The Morgan fingerprint density at radius 1 is 1.36 bits per heavy atom. The van der Waals surface area contributed by atoms with Crippen molar-refractivity contribution in [2.24, 2.45) is 0 Å². The van der Waals surface area contributed by atoms with Gasteiger partial charge < -0.3 is 10.2 Å². The van der Waals surface area contributed by atoms with Crippen molar-refractivity contribution < 1.29 is 0 Å². The van der Waals surface area contributed by atoms with Crippen LogP contribution in [0.4, 0.5) is 5.82 Å². The standard InChI is InChI=1S/C10H16N4/c1-2-9-7-12-8-10(13-9)14-5-3-11-4-6-14/h7-8,11H,2-6H2,1H3. The fraction of sp³-hybridized carbons (Fsp3) is 0.600. The van der Waals surface area contributed by atoms with Crippen LogP contribution in [-0.4, -0.2) is 36.1 Å². The van der Waals surface area contributed by atoms with Gasteiger partial charge in [-0.25, -0.2) is 4.98 Å². The molecule has 2 heterocycles. The number of anilines is 1. The molecule has 0 unspecified atom stereocenters. The lowest BCUT2D eigenvalue weighted by atomic mass is 10.3. The van der Waals surface area contributed by atoms with Crippen LogP contribution in [0.2, 0.25) is 0 Å². The molecule has 1 aliphatic rings. The monoisotopic (exact) mass is 192 g/mol. The largest absolute Gasteiger partial charge is 0.353 e. The Morgan fingerprint density at radius 3 is 2.86 bits per heavy atom. The number of nitrogens with zero attached hydrogens (tertiary/aromatic N) is 3. The fourth-order valence-corrected chi connectivity index (χ4v) is 1.61. The number of aromatic nitrogens is 2. The molecule has 1 aromatic rings. The third-order valence-electron chi connectivity index (χ3n) is 2.47. The van der Waals surface area contributed by atoms with Crippen LogP contribution in [0.15, 0.2) is 12.4 Å². The lowest BCUT2D eigenvalue weighted by Crippen LogP contribution is -2.44. The first kappa shape index (κ1) is 9.40. The van der Waals surface area contributed by atoms with Crippen molar-refractivity contribution >= 4 is 5.82 Å². The van der Waals surface area contributed by atoms with Crippen LogP contribution in [0, 0.1) is 0 Å². The molecule has 4 nitrogen and oxygen atoms in total. The van der Waals surface area contributed by atoms with Gasteiger partial charge in [0.25, 0.3) is 0 Å². The zero-order chi connectivity index (χ0) is 9.80. The molecule has 1 fully saturated rings. The first-order valence-electron chi connectivity index (χ1n) is 5.16. The third-order valence-corrected chi connectivity index (χ3v) is 2.47. The van der Waals surface area contributed by atoms with Gasteiger partial charge in [0.05, 0.1) is 11.9 Å². The van der Waals surface area contributed by atoms with Crippen LogP contribution in [0.5, 0.6) is 0 Å². The van der Waals surface area contributed by atoms with Crippen LogP contribution in [-0.2, 0) is 6.42 Å². The third kappa shape index (κ3) is 2.01. The lowest BCUT2D eigenvalue weighted by Gasteiger charge is -2.28. The second kappa shape index (κ2) is 4.37. The maximum Gasteiger partial charge on any atom is 0.147 e. The van der Waals surface area contributed by atoms with Gasteiger partial charge >= 0.3 is 0 Å². The molecule has 0 radical (unpaired) electrons. The average molecular weight is 192 g/mol. The number of rotatable bonds is 2. The van der Waals surface area contributed by atoms with Crippen LogP contribution >= 0.6 is 0 Å². The van der Waals surface area contributed by atoms with Gasteiger partial charge in [-0.3, -0.25) is 4.98 Å². The Balaban J connectivity index is 2.13. The van der Waals surface area contributed by atoms with E-state index in [0.717, 1.165) is 44.1 Å². The van der Waals surface area contributed by atoms with E-state index in [-0.39, 0.29) is 0 Å². The molecule has 0 bridgehead atoms. The van der Waals surface area contributed by atoms with Crippen molar-refractivity contribution in [3.8, 4) is 0 Å². The number of piperazine rings is 1. The van der Waals surface area contributed by atoms with Crippen molar-refractivity contribution in [1.82, 2.24) is 15.3 Å². The van der Waals surface area contributed by atoms with Gasteiger partial charge in [-0.1, -0.05) is 6.92 Å². The van der Waals surface area contributed by atoms with E-state index < -0.39 is 0 Å². The van der Waals surface area contributed by atoms with Crippen molar-refractivity contribution in [3.05, 3.63) is 18.1 Å². The molecular formula is C10H16N4. The van der Waals surface area contributed by atoms with Crippen LogP contribution in [0.25, 0.3) is 0 Å². The SMILES string of the molecule is CCc1cncc(N2CCNCC2)n1. The number of hydrogen-bond acceptors (Lipinski definition) is 4. The Hall–Kier alpha value is -1.16. The quantitative estimate of drug-likeness (QED) is 0.738. The Morgan fingerprint density at radius 2 is 2.14 bits per heavy atom. The summed E-state index contributed by atoms with van der Waals surface area (Å²) in [6.45, 7) is 6.24. The lowest BCUT2D eigenvalue weighted by molar-refractivity contribution is 0.583. The number of nitrogens with one attached hydrogen (secondary N) is 1. The molecule has 1 aliphatic heterocycles. The minimum absolute atomic E-state index is 0.951. The molecule has 14 heavy (non-hydrogen) atoms. The summed E-state index contributed by atoms with van der Waals surface area (Å²) in [7, 11) is 0. The van der Waals surface area contributed by atoms with E-state index in [1.165, 1.54) is 0 Å². The predicted molar refractivity (Wildman–Crippen MR) is 56.5 cm³/mol. The maximum atomic E-state index is 4.55. The second-order valence-electron chi connectivity index (χ2n) is 3.46. The van der Waals surface area contributed by atoms with Crippen molar-refractivity contribution in [2.75, 3.05) is 31.1 Å².